The third-order valence-corrected chi connectivity index (χ3v) is 5.81. The molecule has 1 fully saturated rings. The van der Waals surface area contributed by atoms with E-state index in [9.17, 15) is 9.59 Å². The maximum absolute atomic E-state index is 12.6. The third kappa shape index (κ3) is 4.99. The van der Waals surface area contributed by atoms with Crippen LogP contribution in [-0.4, -0.2) is 53.9 Å². The van der Waals surface area contributed by atoms with Crippen LogP contribution in [0.25, 0.3) is 0 Å². The Balaban J connectivity index is 1.20. The molecule has 7 nitrogen and oxygen atoms in total. The van der Waals surface area contributed by atoms with E-state index in [2.05, 4.69) is 15.2 Å². The van der Waals surface area contributed by atoms with E-state index in [0.717, 1.165) is 44.5 Å². The SMILES string of the molecule is CC(C)=C1Oc2cccc(OCCCN3CCC(NC(=O)c4cccnc4)CC3)c2C1=O. The van der Waals surface area contributed by atoms with Gasteiger partial charge >= 0.3 is 0 Å². The fourth-order valence-corrected chi connectivity index (χ4v) is 4.08. The van der Waals surface area contributed by atoms with Crippen molar-refractivity contribution in [3.05, 3.63) is 65.2 Å². The van der Waals surface area contributed by atoms with E-state index in [0.29, 0.717) is 35.0 Å². The Morgan fingerprint density at radius 2 is 2.03 bits per heavy atom. The van der Waals surface area contributed by atoms with Gasteiger partial charge in [-0.2, -0.15) is 0 Å². The van der Waals surface area contributed by atoms with Crippen molar-refractivity contribution < 1.29 is 19.1 Å². The number of nitrogens with one attached hydrogen (secondary N) is 1. The lowest BCUT2D eigenvalue weighted by Crippen LogP contribution is -2.45. The average Bonchev–Trinajstić information content (AvgIpc) is 3.16. The van der Waals surface area contributed by atoms with Crippen LogP contribution in [0.2, 0.25) is 0 Å². The standard InChI is InChI=1S/C25H29N3O4/c1-17(2)24-23(29)22-20(7-3-8-21(22)32-24)31-15-5-12-28-13-9-19(10-14-28)27-25(30)18-6-4-11-26-16-18/h3-4,6-8,11,16,19H,5,9-10,12-15H2,1-2H3,(H,27,30). The molecule has 1 amide bonds. The number of likely N-dealkylation sites (tertiary alicyclic amines) is 1. The number of fused-ring (bicyclic) bond motifs is 1. The Morgan fingerprint density at radius 1 is 1.22 bits per heavy atom. The first-order valence-electron chi connectivity index (χ1n) is 11.1. The van der Waals surface area contributed by atoms with Gasteiger partial charge in [-0.25, -0.2) is 0 Å². The second kappa shape index (κ2) is 9.96. The largest absolute Gasteiger partial charge is 0.493 e. The third-order valence-electron chi connectivity index (χ3n) is 5.81. The Hall–Kier alpha value is -3.19. The minimum Gasteiger partial charge on any atom is -0.493 e. The summed E-state index contributed by atoms with van der Waals surface area (Å²) in [6.07, 6.45) is 5.97. The normalized spacial score (nSPS) is 16.4. The van der Waals surface area contributed by atoms with Crippen LogP contribution >= 0.6 is 0 Å². The van der Waals surface area contributed by atoms with Crippen molar-refractivity contribution in [2.75, 3.05) is 26.2 Å². The number of benzene rings is 1. The molecule has 7 heteroatoms. The number of hydrogen-bond donors (Lipinski definition) is 1. The van der Waals surface area contributed by atoms with E-state index >= 15 is 0 Å². The average molecular weight is 436 g/mol. The molecule has 2 aromatic rings. The zero-order chi connectivity index (χ0) is 22.5. The second-order valence-electron chi connectivity index (χ2n) is 8.42. The van der Waals surface area contributed by atoms with Crippen molar-refractivity contribution in [2.45, 2.75) is 39.2 Å². The van der Waals surface area contributed by atoms with E-state index in [1.807, 2.05) is 26.0 Å². The van der Waals surface area contributed by atoms with Crippen LogP contribution in [0.1, 0.15) is 53.8 Å². The molecule has 0 atom stereocenters. The van der Waals surface area contributed by atoms with E-state index in [1.54, 1.807) is 30.6 Å². The molecule has 0 aliphatic carbocycles. The van der Waals surface area contributed by atoms with Crippen molar-refractivity contribution >= 4 is 11.7 Å². The van der Waals surface area contributed by atoms with Gasteiger partial charge in [0.05, 0.1) is 12.2 Å². The number of hydrogen-bond acceptors (Lipinski definition) is 6. The lowest BCUT2D eigenvalue weighted by atomic mass is 10.0. The second-order valence-corrected chi connectivity index (χ2v) is 8.42. The molecule has 0 saturated carbocycles. The first-order valence-corrected chi connectivity index (χ1v) is 11.1. The Kier molecular flexibility index (Phi) is 6.85. The van der Waals surface area contributed by atoms with Gasteiger partial charge in [-0.1, -0.05) is 6.07 Å². The van der Waals surface area contributed by atoms with Gasteiger partial charge in [0.2, 0.25) is 5.78 Å². The molecule has 4 rings (SSSR count). The number of rotatable bonds is 7. The van der Waals surface area contributed by atoms with E-state index in [4.69, 9.17) is 9.47 Å². The molecule has 0 bridgehead atoms. The van der Waals surface area contributed by atoms with Gasteiger partial charge in [-0.05, 0) is 62.9 Å². The summed E-state index contributed by atoms with van der Waals surface area (Å²) >= 11 is 0. The molecule has 0 spiro atoms. The van der Waals surface area contributed by atoms with Crippen molar-refractivity contribution in [2.24, 2.45) is 0 Å². The Morgan fingerprint density at radius 3 is 2.75 bits per heavy atom. The minimum atomic E-state index is -0.106. The summed E-state index contributed by atoms with van der Waals surface area (Å²) < 4.78 is 11.6. The van der Waals surface area contributed by atoms with Crippen LogP contribution in [0.5, 0.6) is 11.5 Å². The highest BCUT2D eigenvalue weighted by Gasteiger charge is 2.31. The summed E-state index contributed by atoms with van der Waals surface area (Å²) in [6, 6.07) is 9.21. The summed E-state index contributed by atoms with van der Waals surface area (Å²) in [7, 11) is 0. The fourth-order valence-electron chi connectivity index (χ4n) is 4.08. The maximum atomic E-state index is 12.6. The van der Waals surface area contributed by atoms with Crippen LogP contribution in [-0.2, 0) is 0 Å². The number of ether oxygens (including phenoxy) is 2. The molecular formula is C25H29N3O4. The maximum Gasteiger partial charge on any atom is 0.253 e. The number of nitrogens with zero attached hydrogens (tertiary/aromatic N) is 2. The lowest BCUT2D eigenvalue weighted by Gasteiger charge is -2.32. The van der Waals surface area contributed by atoms with Crippen LogP contribution in [0.3, 0.4) is 0 Å². The number of aromatic nitrogens is 1. The van der Waals surface area contributed by atoms with Gasteiger partial charge in [0.15, 0.2) is 5.76 Å². The first-order chi connectivity index (χ1) is 15.5. The number of ketones is 1. The molecule has 0 radical (unpaired) electrons. The summed E-state index contributed by atoms with van der Waals surface area (Å²) in [5, 5.41) is 3.11. The number of carbonyl (C=O) groups is 2. The number of allylic oxidation sites excluding steroid dienone is 2. The van der Waals surface area contributed by atoms with Gasteiger partial charge in [-0.3, -0.25) is 14.6 Å². The molecule has 0 unspecified atom stereocenters. The van der Waals surface area contributed by atoms with Crippen LogP contribution in [0.4, 0.5) is 0 Å². The van der Waals surface area contributed by atoms with Gasteiger partial charge in [0.1, 0.15) is 17.1 Å². The zero-order valence-corrected chi connectivity index (χ0v) is 18.6. The highest BCUT2D eigenvalue weighted by atomic mass is 16.5. The van der Waals surface area contributed by atoms with Gasteiger partial charge in [0.25, 0.3) is 5.91 Å². The molecule has 1 aromatic carbocycles. The van der Waals surface area contributed by atoms with E-state index in [-0.39, 0.29) is 17.7 Å². The van der Waals surface area contributed by atoms with E-state index in [1.165, 1.54) is 0 Å². The summed E-state index contributed by atoms with van der Waals surface area (Å²) in [5.74, 6) is 1.38. The summed E-state index contributed by atoms with van der Waals surface area (Å²) in [6.45, 7) is 7.07. The van der Waals surface area contributed by atoms with Crippen molar-refractivity contribution in [3.63, 3.8) is 0 Å². The van der Waals surface area contributed by atoms with Crippen LogP contribution < -0.4 is 14.8 Å². The van der Waals surface area contributed by atoms with Crippen LogP contribution in [0, 0.1) is 0 Å². The smallest absolute Gasteiger partial charge is 0.253 e. The molecule has 3 heterocycles. The lowest BCUT2D eigenvalue weighted by molar-refractivity contribution is 0.0909. The quantitative estimate of drug-likeness (QED) is 0.529. The molecule has 1 N–H and O–H groups in total. The molecule has 168 valence electrons. The highest BCUT2D eigenvalue weighted by Crippen LogP contribution is 2.38. The topological polar surface area (TPSA) is 80.8 Å². The van der Waals surface area contributed by atoms with Crippen LogP contribution in [0.15, 0.2) is 54.1 Å². The minimum absolute atomic E-state index is 0.0601. The molecule has 2 aliphatic rings. The highest BCUT2D eigenvalue weighted by molar-refractivity contribution is 6.14. The predicted octanol–water partition coefficient (Wildman–Crippen LogP) is 3.61. The summed E-state index contributed by atoms with van der Waals surface area (Å²) in [4.78, 5) is 31.3. The number of piperidine rings is 1. The molecule has 32 heavy (non-hydrogen) atoms. The molecule has 2 aliphatic heterocycles. The van der Waals surface area contributed by atoms with Crippen molar-refractivity contribution in [3.8, 4) is 11.5 Å². The molecule has 1 aromatic heterocycles. The van der Waals surface area contributed by atoms with Crippen molar-refractivity contribution in [1.82, 2.24) is 15.2 Å². The monoisotopic (exact) mass is 435 g/mol. The number of Topliss-reactive ketones (excluding diaryl/α,β-unsaturated/α-hetero) is 1. The van der Waals surface area contributed by atoms with Gasteiger partial charge < -0.3 is 19.7 Å². The summed E-state index contributed by atoms with van der Waals surface area (Å²) in [5.41, 5.74) is 1.98. The van der Waals surface area contributed by atoms with Gasteiger partial charge in [0, 0.05) is 38.1 Å². The van der Waals surface area contributed by atoms with Gasteiger partial charge in [-0.15, -0.1) is 0 Å². The van der Waals surface area contributed by atoms with Crippen molar-refractivity contribution in [1.29, 1.82) is 0 Å². The predicted molar refractivity (Wildman–Crippen MR) is 121 cm³/mol. The number of pyridine rings is 1. The molecule has 1 saturated heterocycles. The van der Waals surface area contributed by atoms with E-state index < -0.39 is 0 Å². The number of amides is 1. The first kappa shape index (κ1) is 22.0. The Bertz CT molecular complexity index is 1010. The molecular weight excluding hydrogens is 406 g/mol. The zero-order valence-electron chi connectivity index (χ0n) is 18.6. The Labute approximate surface area is 188 Å². The fraction of sp³-hybridized carbons (Fsp3) is 0.400. The number of carbonyl (C=O) groups excluding carboxylic acids is 2.